The SMILES string of the molecule is Cc1cccc(-c2cccc(C(=O)N3CCC4(CC3)CC4C(=O)N3CCN(c4ccccn4)CC3)c2)c1. The third-order valence-electron chi connectivity index (χ3n) is 8.56. The van der Waals surface area contributed by atoms with E-state index in [1.165, 1.54) is 5.56 Å². The highest BCUT2D eigenvalue weighted by Gasteiger charge is 2.59. The fourth-order valence-corrected chi connectivity index (χ4v) is 6.16. The summed E-state index contributed by atoms with van der Waals surface area (Å²) < 4.78 is 0. The molecule has 0 radical (unpaired) electrons. The quantitative estimate of drug-likeness (QED) is 0.530. The van der Waals surface area contributed by atoms with Gasteiger partial charge in [0.2, 0.25) is 5.91 Å². The van der Waals surface area contributed by atoms with Gasteiger partial charge >= 0.3 is 0 Å². The molecule has 6 nitrogen and oxygen atoms in total. The van der Waals surface area contributed by atoms with E-state index in [0.29, 0.717) is 5.91 Å². The Morgan fingerprint density at radius 1 is 0.811 bits per heavy atom. The number of anilines is 1. The largest absolute Gasteiger partial charge is 0.353 e. The van der Waals surface area contributed by atoms with E-state index in [0.717, 1.165) is 81.0 Å². The molecule has 190 valence electrons. The van der Waals surface area contributed by atoms with Crippen molar-refractivity contribution in [1.82, 2.24) is 14.8 Å². The molecule has 2 saturated heterocycles. The number of benzene rings is 2. The van der Waals surface area contributed by atoms with E-state index in [1.54, 1.807) is 0 Å². The van der Waals surface area contributed by atoms with E-state index in [2.05, 4.69) is 47.1 Å². The molecular weight excluding hydrogens is 460 g/mol. The number of hydrogen-bond donors (Lipinski definition) is 0. The molecule has 37 heavy (non-hydrogen) atoms. The number of likely N-dealkylation sites (tertiary alicyclic amines) is 1. The molecular formula is C31H34N4O2. The minimum absolute atomic E-state index is 0.0927. The summed E-state index contributed by atoms with van der Waals surface area (Å²) in [6.45, 7) is 6.70. The monoisotopic (exact) mass is 494 g/mol. The van der Waals surface area contributed by atoms with Crippen LogP contribution in [-0.2, 0) is 4.79 Å². The van der Waals surface area contributed by atoms with Crippen LogP contribution in [0.2, 0.25) is 0 Å². The predicted molar refractivity (Wildman–Crippen MR) is 145 cm³/mol. The third-order valence-corrected chi connectivity index (χ3v) is 8.56. The molecule has 6 rings (SSSR count). The van der Waals surface area contributed by atoms with Crippen molar-refractivity contribution in [2.75, 3.05) is 44.2 Å². The lowest BCUT2D eigenvalue weighted by molar-refractivity contribution is -0.134. The molecule has 6 heteroatoms. The number of carbonyl (C=O) groups excluding carboxylic acids is 2. The van der Waals surface area contributed by atoms with Crippen LogP contribution >= 0.6 is 0 Å². The Bertz CT molecular complexity index is 1290. The van der Waals surface area contributed by atoms with E-state index in [9.17, 15) is 9.59 Å². The van der Waals surface area contributed by atoms with Crippen molar-refractivity contribution in [2.24, 2.45) is 11.3 Å². The molecule has 1 unspecified atom stereocenters. The number of aryl methyl sites for hydroxylation is 1. The molecule has 1 atom stereocenters. The number of nitrogens with zero attached hydrogens (tertiary/aromatic N) is 4. The second kappa shape index (κ2) is 9.66. The summed E-state index contributed by atoms with van der Waals surface area (Å²) in [5, 5.41) is 0. The summed E-state index contributed by atoms with van der Waals surface area (Å²) in [6.07, 6.45) is 4.62. The van der Waals surface area contributed by atoms with Gasteiger partial charge in [-0.3, -0.25) is 9.59 Å². The highest BCUT2D eigenvalue weighted by molar-refractivity contribution is 5.95. The summed E-state index contributed by atoms with van der Waals surface area (Å²) >= 11 is 0. The van der Waals surface area contributed by atoms with Crippen LogP contribution in [0.5, 0.6) is 0 Å². The normalized spacial score (nSPS) is 20.7. The average molecular weight is 495 g/mol. The summed E-state index contributed by atoms with van der Waals surface area (Å²) in [6, 6.07) is 22.3. The second-order valence-corrected chi connectivity index (χ2v) is 10.9. The Kier molecular flexibility index (Phi) is 6.19. The fourth-order valence-electron chi connectivity index (χ4n) is 6.16. The van der Waals surface area contributed by atoms with E-state index >= 15 is 0 Å². The molecule has 1 aromatic heterocycles. The van der Waals surface area contributed by atoms with Gasteiger partial charge in [0.1, 0.15) is 5.82 Å². The summed E-state index contributed by atoms with van der Waals surface area (Å²) in [5.74, 6) is 1.51. The van der Waals surface area contributed by atoms with Crippen molar-refractivity contribution < 1.29 is 9.59 Å². The molecule has 2 aromatic carbocycles. The number of piperazine rings is 1. The number of hydrogen-bond acceptors (Lipinski definition) is 4. The lowest BCUT2D eigenvalue weighted by atomic mass is 9.90. The number of aromatic nitrogens is 1. The minimum atomic E-state index is 0.0927. The standard InChI is InChI=1S/C31H34N4O2/c1-23-6-4-7-24(20-23)25-8-5-9-26(21-25)29(36)34-14-11-31(12-15-34)22-27(31)30(37)35-18-16-33(17-19-35)28-10-2-3-13-32-28/h2-10,13,20-21,27H,11-12,14-19,22H2,1H3. The number of piperidine rings is 1. The maximum Gasteiger partial charge on any atom is 0.253 e. The topological polar surface area (TPSA) is 56.8 Å². The smallest absolute Gasteiger partial charge is 0.253 e. The molecule has 2 aliphatic heterocycles. The number of carbonyl (C=O) groups is 2. The van der Waals surface area contributed by atoms with Crippen LogP contribution < -0.4 is 4.90 Å². The predicted octanol–water partition coefficient (Wildman–Crippen LogP) is 4.65. The second-order valence-electron chi connectivity index (χ2n) is 10.9. The summed E-state index contributed by atoms with van der Waals surface area (Å²) in [5.41, 5.74) is 4.24. The number of amides is 2. The zero-order valence-corrected chi connectivity index (χ0v) is 21.5. The molecule has 2 amide bonds. The van der Waals surface area contributed by atoms with Crippen LogP contribution in [0.3, 0.4) is 0 Å². The lowest BCUT2D eigenvalue weighted by Crippen LogP contribution is -2.50. The number of pyridine rings is 1. The van der Waals surface area contributed by atoms with Gasteiger partial charge in [0.05, 0.1) is 0 Å². The molecule has 1 spiro atoms. The number of rotatable bonds is 4. The van der Waals surface area contributed by atoms with Crippen molar-refractivity contribution >= 4 is 17.6 Å². The van der Waals surface area contributed by atoms with Gasteiger partial charge in [-0.25, -0.2) is 4.98 Å². The van der Waals surface area contributed by atoms with Crippen LogP contribution in [0, 0.1) is 18.3 Å². The Morgan fingerprint density at radius 2 is 1.54 bits per heavy atom. The minimum Gasteiger partial charge on any atom is -0.353 e. The van der Waals surface area contributed by atoms with Crippen molar-refractivity contribution in [3.05, 3.63) is 84.1 Å². The van der Waals surface area contributed by atoms with Crippen molar-refractivity contribution in [3.8, 4) is 11.1 Å². The summed E-state index contributed by atoms with van der Waals surface area (Å²) in [7, 11) is 0. The molecule has 1 saturated carbocycles. The highest BCUT2D eigenvalue weighted by Crippen LogP contribution is 2.60. The maximum atomic E-state index is 13.3. The molecule has 3 fully saturated rings. The third kappa shape index (κ3) is 4.73. The lowest BCUT2D eigenvalue weighted by Gasteiger charge is -2.37. The first-order valence-electron chi connectivity index (χ1n) is 13.4. The zero-order valence-electron chi connectivity index (χ0n) is 21.5. The van der Waals surface area contributed by atoms with Crippen molar-refractivity contribution in [3.63, 3.8) is 0 Å². The molecule has 0 N–H and O–H groups in total. The van der Waals surface area contributed by atoms with Gasteiger partial charge in [0.15, 0.2) is 0 Å². The Hall–Kier alpha value is -3.67. The van der Waals surface area contributed by atoms with E-state index < -0.39 is 0 Å². The van der Waals surface area contributed by atoms with E-state index in [-0.39, 0.29) is 17.2 Å². The Balaban J connectivity index is 1.03. The Morgan fingerprint density at radius 3 is 2.24 bits per heavy atom. The molecule has 0 bridgehead atoms. The molecule has 3 aromatic rings. The van der Waals surface area contributed by atoms with Gasteiger partial charge in [-0.05, 0) is 67.0 Å². The fraction of sp³-hybridized carbons (Fsp3) is 0.387. The molecule has 1 aliphatic carbocycles. The first-order chi connectivity index (χ1) is 18.0. The van der Waals surface area contributed by atoms with Gasteiger partial charge in [-0.1, -0.05) is 48.0 Å². The van der Waals surface area contributed by atoms with Crippen LogP contribution in [0.1, 0.15) is 35.2 Å². The first kappa shape index (κ1) is 23.7. The highest BCUT2D eigenvalue weighted by atomic mass is 16.2. The van der Waals surface area contributed by atoms with Gasteiger partial charge in [-0.15, -0.1) is 0 Å². The van der Waals surface area contributed by atoms with Crippen LogP contribution in [-0.4, -0.2) is 65.9 Å². The Labute approximate surface area is 218 Å². The zero-order chi connectivity index (χ0) is 25.4. The van der Waals surface area contributed by atoms with Crippen LogP contribution in [0.25, 0.3) is 11.1 Å². The summed E-state index contributed by atoms with van der Waals surface area (Å²) in [4.78, 5) is 37.4. The molecule has 3 aliphatic rings. The van der Waals surface area contributed by atoms with Gasteiger partial charge in [0, 0.05) is 56.9 Å². The maximum absolute atomic E-state index is 13.3. The van der Waals surface area contributed by atoms with E-state index in [1.807, 2.05) is 52.4 Å². The van der Waals surface area contributed by atoms with E-state index in [4.69, 9.17) is 0 Å². The van der Waals surface area contributed by atoms with Crippen LogP contribution in [0.15, 0.2) is 72.9 Å². The van der Waals surface area contributed by atoms with Gasteiger partial charge in [0.25, 0.3) is 5.91 Å². The van der Waals surface area contributed by atoms with Gasteiger partial charge < -0.3 is 14.7 Å². The van der Waals surface area contributed by atoms with Crippen molar-refractivity contribution in [2.45, 2.75) is 26.2 Å². The molecule has 3 heterocycles. The van der Waals surface area contributed by atoms with Gasteiger partial charge in [-0.2, -0.15) is 0 Å². The van der Waals surface area contributed by atoms with Crippen molar-refractivity contribution in [1.29, 1.82) is 0 Å². The first-order valence-corrected chi connectivity index (χ1v) is 13.4. The van der Waals surface area contributed by atoms with Crippen LogP contribution in [0.4, 0.5) is 5.82 Å². The average Bonchev–Trinajstić information content (AvgIpc) is 3.66.